The Hall–Kier alpha value is -2.64. The Morgan fingerprint density at radius 1 is 1.12 bits per heavy atom. The molecule has 1 atom stereocenters. The number of alkyl halides is 1. The highest BCUT2D eigenvalue weighted by Crippen LogP contribution is 2.25. The van der Waals surface area contributed by atoms with E-state index >= 15 is 0 Å². The van der Waals surface area contributed by atoms with Gasteiger partial charge in [-0.05, 0) is 42.0 Å². The predicted octanol–water partition coefficient (Wildman–Crippen LogP) is 3.15. The summed E-state index contributed by atoms with van der Waals surface area (Å²) in [6, 6.07) is 15.3. The van der Waals surface area contributed by atoms with Crippen molar-refractivity contribution in [1.82, 2.24) is 9.78 Å². The molecule has 3 rings (SSSR count). The number of aromatic nitrogens is 2. The Labute approximate surface area is 157 Å². The average Bonchev–Trinajstić information content (AvgIpc) is 2.68. The van der Waals surface area contributed by atoms with Gasteiger partial charge in [0.25, 0.3) is 5.56 Å². The van der Waals surface area contributed by atoms with Crippen molar-refractivity contribution < 1.29 is 9.18 Å². The van der Waals surface area contributed by atoms with Crippen molar-refractivity contribution >= 4 is 21.7 Å². The standard InChI is InChI=1S/C19H15BrFN3O2/c20-18(19(26)12-5-7-14(21)8-6-12)15-9-10-17(25)24(23-15)16-4-2-1-3-13(16)11-22/h1-10,18H,11,22H2. The van der Waals surface area contributed by atoms with Crippen LogP contribution in [0.4, 0.5) is 4.39 Å². The van der Waals surface area contributed by atoms with Crippen LogP contribution in [0.5, 0.6) is 0 Å². The molecule has 1 heterocycles. The molecule has 1 unspecified atom stereocenters. The number of carbonyl (C=O) groups is 1. The number of para-hydroxylation sites is 1. The number of Topliss-reactive ketones (excluding diaryl/α,β-unsaturated/α-hetero) is 1. The van der Waals surface area contributed by atoms with Gasteiger partial charge in [-0.15, -0.1) is 0 Å². The van der Waals surface area contributed by atoms with Gasteiger partial charge in [0.15, 0.2) is 5.78 Å². The van der Waals surface area contributed by atoms with Gasteiger partial charge in [-0.2, -0.15) is 9.78 Å². The summed E-state index contributed by atoms with van der Waals surface area (Å²) in [6.07, 6.45) is 0. The van der Waals surface area contributed by atoms with Crippen LogP contribution in [-0.2, 0) is 6.54 Å². The van der Waals surface area contributed by atoms with Crippen molar-refractivity contribution in [2.75, 3.05) is 0 Å². The fraction of sp³-hybridized carbons (Fsp3) is 0.105. The third-order valence-corrected chi connectivity index (χ3v) is 4.76. The minimum Gasteiger partial charge on any atom is -0.326 e. The highest BCUT2D eigenvalue weighted by molar-refractivity contribution is 9.09. The summed E-state index contributed by atoms with van der Waals surface area (Å²) in [5.74, 6) is -0.701. The summed E-state index contributed by atoms with van der Waals surface area (Å²) in [5, 5.41) is 4.32. The topological polar surface area (TPSA) is 78.0 Å². The van der Waals surface area contributed by atoms with E-state index in [1.54, 1.807) is 12.1 Å². The smallest absolute Gasteiger partial charge is 0.271 e. The van der Waals surface area contributed by atoms with E-state index in [1.807, 2.05) is 12.1 Å². The Morgan fingerprint density at radius 2 is 1.81 bits per heavy atom. The number of nitrogens with zero attached hydrogens (tertiary/aromatic N) is 2. The third-order valence-electron chi connectivity index (χ3n) is 3.88. The Kier molecular flexibility index (Phi) is 5.39. The molecule has 132 valence electrons. The van der Waals surface area contributed by atoms with E-state index in [1.165, 1.54) is 41.1 Å². The minimum atomic E-state index is -0.773. The lowest BCUT2D eigenvalue weighted by Gasteiger charge is -2.13. The number of ketones is 1. The monoisotopic (exact) mass is 415 g/mol. The molecule has 2 aromatic carbocycles. The largest absolute Gasteiger partial charge is 0.326 e. The quantitative estimate of drug-likeness (QED) is 0.512. The van der Waals surface area contributed by atoms with Gasteiger partial charge in [-0.25, -0.2) is 4.39 Å². The summed E-state index contributed by atoms with van der Waals surface area (Å²) in [6.45, 7) is 0.251. The van der Waals surface area contributed by atoms with Gasteiger partial charge in [-0.3, -0.25) is 9.59 Å². The van der Waals surface area contributed by atoms with E-state index in [2.05, 4.69) is 21.0 Å². The van der Waals surface area contributed by atoms with Crippen LogP contribution < -0.4 is 11.3 Å². The Balaban J connectivity index is 2.00. The van der Waals surface area contributed by atoms with Gasteiger partial charge in [-0.1, -0.05) is 34.1 Å². The first-order valence-electron chi connectivity index (χ1n) is 7.83. The van der Waals surface area contributed by atoms with Crippen molar-refractivity contribution in [3.8, 4) is 5.69 Å². The lowest BCUT2D eigenvalue weighted by atomic mass is 10.1. The van der Waals surface area contributed by atoms with E-state index in [9.17, 15) is 14.0 Å². The zero-order chi connectivity index (χ0) is 18.7. The second kappa shape index (κ2) is 7.72. The summed E-state index contributed by atoms with van der Waals surface area (Å²) >= 11 is 3.33. The number of halogens is 2. The molecule has 26 heavy (non-hydrogen) atoms. The molecule has 3 aromatic rings. The molecule has 0 fully saturated rings. The van der Waals surface area contributed by atoms with Crippen molar-refractivity contribution in [2.45, 2.75) is 11.4 Å². The molecular weight excluding hydrogens is 401 g/mol. The van der Waals surface area contributed by atoms with Crippen molar-refractivity contribution in [1.29, 1.82) is 0 Å². The average molecular weight is 416 g/mol. The normalized spacial score (nSPS) is 12.0. The first-order valence-corrected chi connectivity index (χ1v) is 8.75. The number of benzene rings is 2. The Morgan fingerprint density at radius 3 is 2.50 bits per heavy atom. The maximum atomic E-state index is 13.0. The number of hydrogen-bond acceptors (Lipinski definition) is 4. The first kappa shape index (κ1) is 18.2. The lowest BCUT2D eigenvalue weighted by molar-refractivity contribution is 0.0990. The fourth-order valence-corrected chi connectivity index (χ4v) is 3.03. The Bertz CT molecular complexity index is 1000. The zero-order valence-electron chi connectivity index (χ0n) is 13.6. The van der Waals surface area contributed by atoms with Gasteiger partial charge < -0.3 is 5.73 Å². The van der Waals surface area contributed by atoms with Gasteiger partial charge >= 0.3 is 0 Å². The van der Waals surface area contributed by atoms with Crippen molar-refractivity contribution in [2.24, 2.45) is 5.73 Å². The van der Waals surface area contributed by atoms with Crippen LogP contribution in [-0.4, -0.2) is 15.6 Å². The molecule has 0 amide bonds. The van der Waals surface area contributed by atoms with Gasteiger partial charge in [0.1, 0.15) is 10.6 Å². The van der Waals surface area contributed by atoms with Crippen LogP contribution in [0.25, 0.3) is 5.69 Å². The fourth-order valence-electron chi connectivity index (χ4n) is 2.52. The molecule has 0 aliphatic carbocycles. The predicted molar refractivity (Wildman–Crippen MR) is 100 cm³/mol. The van der Waals surface area contributed by atoms with Crippen LogP contribution in [0.2, 0.25) is 0 Å². The van der Waals surface area contributed by atoms with Gasteiger partial charge in [0, 0.05) is 18.2 Å². The van der Waals surface area contributed by atoms with Gasteiger partial charge in [0.05, 0.1) is 11.4 Å². The second-order valence-electron chi connectivity index (χ2n) is 5.57. The number of nitrogens with two attached hydrogens (primary N) is 1. The van der Waals surface area contributed by atoms with E-state index < -0.39 is 10.6 Å². The van der Waals surface area contributed by atoms with Crippen LogP contribution in [0.3, 0.4) is 0 Å². The maximum absolute atomic E-state index is 13.0. The number of carbonyl (C=O) groups excluding carboxylic acids is 1. The zero-order valence-corrected chi connectivity index (χ0v) is 15.2. The molecule has 0 aliphatic rings. The molecule has 0 radical (unpaired) electrons. The second-order valence-corrected chi connectivity index (χ2v) is 6.49. The molecule has 5 nitrogen and oxygen atoms in total. The van der Waals surface area contributed by atoms with E-state index in [4.69, 9.17) is 5.73 Å². The number of rotatable bonds is 5. The van der Waals surface area contributed by atoms with Crippen molar-refractivity contribution in [3.05, 3.63) is 93.7 Å². The molecule has 7 heteroatoms. The molecule has 0 saturated heterocycles. The summed E-state index contributed by atoms with van der Waals surface area (Å²) in [5.41, 5.74) is 7.44. The lowest BCUT2D eigenvalue weighted by Crippen LogP contribution is -2.24. The highest BCUT2D eigenvalue weighted by Gasteiger charge is 2.22. The van der Waals surface area contributed by atoms with Crippen LogP contribution >= 0.6 is 15.9 Å². The first-order chi connectivity index (χ1) is 12.5. The van der Waals surface area contributed by atoms with E-state index in [0.29, 0.717) is 16.9 Å². The highest BCUT2D eigenvalue weighted by atomic mass is 79.9. The van der Waals surface area contributed by atoms with Crippen molar-refractivity contribution in [3.63, 3.8) is 0 Å². The molecular formula is C19H15BrFN3O2. The molecule has 2 N–H and O–H groups in total. The molecule has 0 bridgehead atoms. The van der Waals surface area contributed by atoms with Crippen LogP contribution in [0.1, 0.15) is 26.4 Å². The van der Waals surface area contributed by atoms with Crippen LogP contribution in [0, 0.1) is 5.82 Å². The summed E-state index contributed by atoms with van der Waals surface area (Å²) < 4.78 is 14.3. The molecule has 0 aliphatic heterocycles. The minimum absolute atomic E-state index is 0.251. The van der Waals surface area contributed by atoms with E-state index in [0.717, 1.165) is 5.56 Å². The maximum Gasteiger partial charge on any atom is 0.271 e. The summed E-state index contributed by atoms with van der Waals surface area (Å²) in [7, 11) is 0. The summed E-state index contributed by atoms with van der Waals surface area (Å²) in [4.78, 5) is 24.1. The molecule has 0 spiro atoms. The molecule has 1 aromatic heterocycles. The van der Waals surface area contributed by atoms with Gasteiger partial charge in [0.2, 0.25) is 0 Å². The molecule has 0 saturated carbocycles. The third kappa shape index (κ3) is 3.63. The van der Waals surface area contributed by atoms with Crippen LogP contribution in [0.15, 0.2) is 65.5 Å². The van der Waals surface area contributed by atoms with E-state index in [-0.39, 0.29) is 17.9 Å². The SMILES string of the molecule is NCc1ccccc1-n1nc(C(Br)C(=O)c2ccc(F)cc2)ccc1=O. The number of hydrogen-bond donors (Lipinski definition) is 1.